The Labute approximate surface area is 76.4 Å². The quantitative estimate of drug-likeness (QED) is 0.640. The Morgan fingerprint density at radius 3 is 2.46 bits per heavy atom. The number of nitrogens with one attached hydrogen (secondary N) is 1. The molecule has 1 aromatic heterocycles. The maximum Gasteiger partial charge on any atom is 0.353 e. The highest BCUT2D eigenvalue weighted by Crippen LogP contribution is 1.87. The van der Waals surface area contributed by atoms with Crippen LogP contribution in [0.5, 0.6) is 0 Å². The summed E-state index contributed by atoms with van der Waals surface area (Å²) < 4.78 is 0. The molecule has 1 heterocycles. The van der Waals surface area contributed by atoms with Crippen molar-refractivity contribution in [3.63, 3.8) is 0 Å². The van der Waals surface area contributed by atoms with E-state index in [9.17, 15) is 4.79 Å². The zero-order chi connectivity index (χ0) is 10.3. The topological polar surface area (TPSA) is 86.2 Å². The first kappa shape index (κ1) is 11.6. The lowest BCUT2D eigenvalue weighted by Gasteiger charge is -1.90. The number of carbonyl (C=O) groups is 1. The molecule has 0 aliphatic heterocycles. The van der Waals surface area contributed by atoms with Crippen molar-refractivity contribution in [2.75, 3.05) is 0 Å². The molecule has 0 aromatic carbocycles. The van der Waals surface area contributed by atoms with Crippen molar-refractivity contribution in [3.8, 4) is 0 Å². The summed E-state index contributed by atoms with van der Waals surface area (Å²) in [6.07, 6.45) is 2.14. The van der Waals surface area contributed by atoms with Gasteiger partial charge in [0.1, 0.15) is 5.69 Å². The van der Waals surface area contributed by atoms with Gasteiger partial charge in [-0.1, -0.05) is 6.92 Å². The zero-order valence-electron chi connectivity index (χ0n) is 7.69. The highest BCUT2D eigenvalue weighted by atomic mass is 16.4. The van der Waals surface area contributed by atoms with Crippen molar-refractivity contribution in [2.24, 2.45) is 0 Å². The molecule has 1 aromatic rings. The van der Waals surface area contributed by atoms with Crippen LogP contribution in [0.3, 0.4) is 0 Å². The van der Waals surface area contributed by atoms with Crippen LogP contribution in [0.2, 0.25) is 0 Å². The fraction of sp³-hybridized carbons (Fsp3) is 0.500. The highest BCUT2D eigenvalue weighted by Gasteiger charge is 1.99. The number of carboxylic acid groups (broad SMARTS) is 1. The molecule has 0 radical (unpaired) electrons. The van der Waals surface area contributed by atoms with Crippen molar-refractivity contribution < 1.29 is 15.0 Å². The second kappa shape index (κ2) is 6.19. The maximum atomic E-state index is 9.99. The summed E-state index contributed by atoms with van der Waals surface area (Å²) in [6.45, 7) is 3.73. The molecule has 0 bridgehead atoms. The van der Waals surface area contributed by atoms with Crippen molar-refractivity contribution in [2.45, 2.75) is 26.4 Å². The minimum atomic E-state index is -0.984. The SMILES string of the molecule is CCC(C)O.O=C(O)c1ccn[nH]1. The van der Waals surface area contributed by atoms with Gasteiger partial charge < -0.3 is 10.2 Å². The van der Waals surface area contributed by atoms with Crippen molar-refractivity contribution in [1.29, 1.82) is 0 Å². The van der Waals surface area contributed by atoms with Crippen LogP contribution in [-0.2, 0) is 0 Å². The van der Waals surface area contributed by atoms with Gasteiger partial charge in [0.05, 0.1) is 6.10 Å². The number of carboxylic acids is 1. The number of rotatable bonds is 2. The third-order valence-electron chi connectivity index (χ3n) is 1.32. The second-order valence-corrected chi connectivity index (χ2v) is 2.53. The van der Waals surface area contributed by atoms with Gasteiger partial charge in [0.25, 0.3) is 0 Å². The Kier molecular flexibility index (Phi) is 5.54. The molecule has 0 fully saturated rings. The van der Waals surface area contributed by atoms with Crippen LogP contribution < -0.4 is 0 Å². The predicted molar refractivity (Wildman–Crippen MR) is 47.5 cm³/mol. The molecule has 0 saturated heterocycles. The van der Waals surface area contributed by atoms with Gasteiger partial charge in [-0.15, -0.1) is 0 Å². The van der Waals surface area contributed by atoms with E-state index in [2.05, 4.69) is 10.2 Å². The van der Waals surface area contributed by atoms with Crippen molar-refractivity contribution in [1.82, 2.24) is 10.2 Å². The fourth-order valence-corrected chi connectivity index (χ4v) is 0.375. The molecule has 5 heteroatoms. The van der Waals surface area contributed by atoms with Gasteiger partial charge in [-0.25, -0.2) is 4.79 Å². The smallest absolute Gasteiger partial charge is 0.353 e. The number of aliphatic hydroxyl groups excluding tert-OH is 1. The molecule has 0 aliphatic rings. The molecule has 1 unspecified atom stereocenters. The second-order valence-electron chi connectivity index (χ2n) is 2.53. The number of nitrogens with zero attached hydrogens (tertiary/aromatic N) is 1. The molecule has 5 nitrogen and oxygen atoms in total. The summed E-state index contributed by atoms with van der Waals surface area (Å²) in [5.74, 6) is -0.984. The van der Waals surface area contributed by atoms with Crippen molar-refractivity contribution in [3.05, 3.63) is 18.0 Å². The van der Waals surface area contributed by atoms with Crippen LogP contribution in [0.4, 0.5) is 0 Å². The zero-order valence-corrected chi connectivity index (χ0v) is 7.69. The monoisotopic (exact) mass is 186 g/mol. The number of aliphatic hydroxyl groups is 1. The average molecular weight is 186 g/mol. The van der Waals surface area contributed by atoms with Crippen LogP contribution in [0.25, 0.3) is 0 Å². The van der Waals surface area contributed by atoms with E-state index in [1.807, 2.05) is 6.92 Å². The Hall–Kier alpha value is -1.36. The van der Waals surface area contributed by atoms with Gasteiger partial charge in [-0.2, -0.15) is 5.10 Å². The number of hydrogen-bond donors (Lipinski definition) is 3. The van der Waals surface area contributed by atoms with E-state index in [1.54, 1.807) is 6.92 Å². The van der Waals surface area contributed by atoms with Gasteiger partial charge in [0.2, 0.25) is 0 Å². The van der Waals surface area contributed by atoms with Gasteiger partial charge in [-0.05, 0) is 19.4 Å². The van der Waals surface area contributed by atoms with Crippen LogP contribution in [0, 0.1) is 0 Å². The lowest BCUT2D eigenvalue weighted by molar-refractivity contribution is 0.0690. The fourth-order valence-electron chi connectivity index (χ4n) is 0.375. The minimum Gasteiger partial charge on any atom is -0.477 e. The first-order valence-corrected chi connectivity index (χ1v) is 3.98. The molecule has 0 spiro atoms. The normalized spacial score (nSPS) is 11.3. The third-order valence-corrected chi connectivity index (χ3v) is 1.32. The molecular formula is C8H14N2O3. The van der Waals surface area contributed by atoms with Gasteiger partial charge >= 0.3 is 5.97 Å². The first-order valence-electron chi connectivity index (χ1n) is 3.98. The Balaban J connectivity index is 0.000000252. The van der Waals surface area contributed by atoms with E-state index in [0.717, 1.165) is 6.42 Å². The average Bonchev–Trinajstić information content (AvgIpc) is 2.57. The van der Waals surface area contributed by atoms with Gasteiger partial charge in [-0.3, -0.25) is 5.10 Å². The van der Waals surface area contributed by atoms with E-state index in [0.29, 0.717) is 0 Å². The van der Waals surface area contributed by atoms with Crippen LogP contribution in [0.1, 0.15) is 30.8 Å². The molecule has 74 valence electrons. The highest BCUT2D eigenvalue weighted by molar-refractivity contribution is 5.84. The van der Waals surface area contributed by atoms with E-state index < -0.39 is 5.97 Å². The molecule has 0 saturated carbocycles. The Bertz CT molecular complexity index is 232. The number of aromatic amines is 1. The molecule has 3 N–H and O–H groups in total. The van der Waals surface area contributed by atoms with E-state index in [1.165, 1.54) is 12.3 Å². The summed E-state index contributed by atoms with van der Waals surface area (Å²) in [5, 5.41) is 22.3. The molecule has 0 amide bonds. The van der Waals surface area contributed by atoms with Crippen LogP contribution in [0.15, 0.2) is 12.3 Å². The van der Waals surface area contributed by atoms with Gasteiger partial charge in [0, 0.05) is 6.20 Å². The molecule has 1 atom stereocenters. The Morgan fingerprint density at radius 1 is 1.77 bits per heavy atom. The third kappa shape index (κ3) is 5.86. The summed E-state index contributed by atoms with van der Waals surface area (Å²) >= 11 is 0. The maximum absolute atomic E-state index is 9.99. The Morgan fingerprint density at radius 2 is 2.31 bits per heavy atom. The minimum absolute atomic E-state index is 0.116. The van der Waals surface area contributed by atoms with Gasteiger partial charge in [0.15, 0.2) is 0 Å². The van der Waals surface area contributed by atoms with E-state index in [-0.39, 0.29) is 11.8 Å². The largest absolute Gasteiger partial charge is 0.477 e. The van der Waals surface area contributed by atoms with Crippen molar-refractivity contribution >= 4 is 5.97 Å². The lowest BCUT2D eigenvalue weighted by atomic mass is 10.3. The summed E-state index contributed by atoms with van der Waals surface area (Å²) in [4.78, 5) is 9.99. The van der Waals surface area contributed by atoms with Crippen LogP contribution >= 0.6 is 0 Å². The standard InChI is InChI=1S/C4H4N2O2.C4H10O/c7-4(8)3-1-2-5-6-3;1-3-4(2)5/h1-2H,(H,5,6)(H,7,8);4-5H,3H2,1-2H3. The molecule has 0 aliphatic carbocycles. The number of aromatic carboxylic acids is 1. The summed E-state index contributed by atoms with van der Waals surface area (Å²) in [5.41, 5.74) is 0.116. The van der Waals surface area contributed by atoms with E-state index in [4.69, 9.17) is 10.2 Å². The van der Waals surface area contributed by atoms with E-state index >= 15 is 0 Å². The molecule has 1 rings (SSSR count). The van der Waals surface area contributed by atoms with Crippen LogP contribution in [-0.4, -0.2) is 32.5 Å². The molecular weight excluding hydrogens is 172 g/mol. The lowest BCUT2D eigenvalue weighted by Crippen LogP contribution is -1.95. The first-order chi connectivity index (χ1) is 6.07. The predicted octanol–water partition coefficient (Wildman–Crippen LogP) is 0.885. The summed E-state index contributed by atoms with van der Waals surface area (Å²) in [6, 6.07) is 1.39. The molecule has 13 heavy (non-hydrogen) atoms. The summed E-state index contributed by atoms with van der Waals surface area (Å²) in [7, 11) is 0. The number of aromatic nitrogens is 2. The number of H-pyrrole nitrogens is 1. The number of hydrogen-bond acceptors (Lipinski definition) is 3.